The third-order valence-electron chi connectivity index (χ3n) is 11.6. The minimum absolute atomic E-state index is 0.110. The quantitative estimate of drug-likeness (QED) is 0.152. The van der Waals surface area contributed by atoms with E-state index in [0.29, 0.717) is 22.2 Å². The first-order valence-corrected chi connectivity index (χ1v) is 20.8. The Morgan fingerprint density at radius 3 is 1.50 bits per heavy atom. The lowest BCUT2D eigenvalue weighted by Crippen LogP contribution is -2.10. The molecule has 12 rings (SSSR count). The molecule has 0 N–H and O–H groups in total. The Balaban J connectivity index is 1.19. The fourth-order valence-electron chi connectivity index (χ4n) is 8.92. The number of fused-ring (bicyclic) bond motifs is 9. The lowest BCUT2D eigenvalue weighted by molar-refractivity contribution is 1.30. The van der Waals surface area contributed by atoms with Gasteiger partial charge < -0.3 is 4.90 Å². The zero-order valence-electron chi connectivity index (χ0n) is 40.1. The molecule has 0 unspecified atom stereocenters. The van der Waals surface area contributed by atoms with Gasteiger partial charge in [-0.1, -0.05) is 188 Å². The highest BCUT2D eigenvalue weighted by Crippen LogP contribution is 2.47. The van der Waals surface area contributed by atoms with Crippen molar-refractivity contribution in [2.24, 2.45) is 0 Å². The Bertz CT molecular complexity index is 4030. The third-order valence-corrected chi connectivity index (χ3v) is 12.8. The van der Waals surface area contributed by atoms with Crippen LogP contribution in [0.25, 0.3) is 96.6 Å². The zero-order valence-corrected chi connectivity index (χ0v) is 32.9. The summed E-state index contributed by atoms with van der Waals surface area (Å²) < 4.78 is 81.4. The normalized spacial score (nSPS) is 13.5. The van der Waals surface area contributed by atoms with Crippen molar-refractivity contribution in [3.63, 3.8) is 0 Å². The number of benzene rings is 11. The fourth-order valence-corrected chi connectivity index (χ4v) is 10.1. The smallest absolute Gasteiger partial charge is 0.0645 e. The summed E-state index contributed by atoms with van der Waals surface area (Å²) in [5, 5.41) is 8.77. The van der Waals surface area contributed by atoms with Crippen LogP contribution in [0.15, 0.2) is 224 Å². The average molecular weight is 788 g/mol. The van der Waals surface area contributed by atoms with Crippen LogP contribution >= 0.6 is 11.3 Å². The molecule has 0 atom stereocenters. The van der Waals surface area contributed by atoms with Crippen LogP contribution in [0.2, 0.25) is 0 Å². The van der Waals surface area contributed by atoms with Crippen molar-refractivity contribution >= 4 is 91.7 Å². The van der Waals surface area contributed by atoms with Gasteiger partial charge in [-0.15, -0.1) is 11.3 Å². The minimum atomic E-state index is -0.398. The van der Waals surface area contributed by atoms with Crippen molar-refractivity contribution in [1.82, 2.24) is 0 Å². The van der Waals surface area contributed by atoms with Crippen LogP contribution in [0.5, 0.6) is 0 Å². The number of rotatable bonds is 6. The molecular weight excluding hydrogens is 743 g/mol. The van der Waals surface area contributed by atoms with E-state index in [9.17, 15) is 11.0 Å². The molecule has 0 aliphatic carbocycles. The van der Waals surface area contributed by atoms with Crippen LogP contribution in [-0.4, -0.2) is 0 Å². The summed E-state index contributed by atoms with van der Waals surface area (Å²) in [6, 6.07) is 54.0. The molecule has 1 aromatic heterocycles. The second-order valence-electron chi connectivity index (χ2n) is 14.9. The van der Waals surface area contributed by atoms with Crippen molar-refractivity contribution in [2.45, 2.75) is 0 Å². The number of thiophene rings is 1. The molecule has 0 bridgehead atoms. The Labute approximate surface area is 363 Å². The maximum absolute atomic E-state index is 10.1. The fraction of sp³-hybridized carbons (Fsp3) is 0. The van der Waals surface area contributed by atoms with Crippen LogP contribution in [-0.2, 0) is 0 Å². The third kappa shape index (κ3) is 5.53. The number of nitrogens with zero attached hydrogens (tertiary/aromatic N) is 1. The second kappa shape index (κ2) is 14.1. The second-order valence-corrected chi connectivity index (χ2v) is 16.0. The number of hydrogen-bond donors (Lipinski definition) is 0. The predicted octanol–water partition coefficient (Wildman–Crippen LogP) is 17.1. The number of anilines is 3. The van der Waals surface area contributed by atoms with E-state index in [1.165, 1.54) is 16.2 Å². The molecule has 11 aromatic carbocycles. The van der Waals surface area contributed by atoms with Gasteiger partial charge in [-0.25, -0.2) is 0 Å². The molecule has 0 saturated heterocycles. The van der Waals surface area contributed by atoms with Gasteiger partial charge in [0.25, 0.3) is 0 Å². The highest BCUT2D eigenvalue weighted by Gasteiger charge is 2.21. The monoisotopic (exact) mass is 787 g/mol. The van der Waals surface area contributed by atoms with Crippen LogP contribution in [0, 0.1) is 0 Å². The molecule has 0 spiro atoms. The average Bonchev–Trinajstić information content (AvgIpc) is 3.77. The van der Waals surface area contributed by atoms with Crippen LogP contribution in [0.1, 0.15) is 11.0 Å². The van der Waals surface area contributed by atoms with E-state index < -0.39 is 12.1 Å². The topological polar surface area (TPSA) is 3.24 Å². The lowest BCUT2D eigenvalue weighted by Gasteiger charge is -2.28. The van der Waals surface area contributed by atoms with Crippen molar-refractivity contribution in [3.05, 3.63) is 224 Å². The molecule has 12 aromatic rings. The summed E-state index contributed by atoms with van der Waals surface area (Å²) in [6.45, 7) is 0. The molecule has 280 valence electrons. The molecular formula is C58H37NS. The van der Waals surface area contributed by atoms with E-state index in [0.717, 1.165) is 69.0 Å². The SMILES string of the molecule is [2H]c1c([2H])c(N(c2c([2H])c([2H])c(-c3cccc4c3sc3ccccc34)c([2H])c2[2H])c2cc3ccccc3c3ccccc23)c([2H])c([2H])c1-c1c(-c2ccccc2)c2ccccc2c2ccccc12. The van der Waals surface area contributed by atoms with E-state index in [2.05, 4.69) is 6.07 Å². The minimum Gasteiger partial charge on any atom is -0.310 e. The molecule has 0 aliphatic heterocycles. The van der Waals surface area contributed by atoms with E-state index >= 15 is 0 Å². The van der Waals surface area contributed by atoms with Gasteiger partial charge in [0.2, 0.25) is 0 Å². The highest BCUT2D eigenvalue weighted by molar-refractivity contribution is 7.26. The van der Waals surface area contributed by atoms with Gasteiger partial charge in [0.05, 0.1) is 16.7 Å². The van der Waals surface area contributed by atoms with E-state index in [-0.39, 0.29) is 58.8 Å². The Morgan fingerprint density at radius 1 is 0.350 bits per heavy atom. The van der Waals surface area contributed by atoms with Crippen molar-refractivity contribution in [1.29, 1.82) is 0 Å². The van der Waals surface area contributed by atoms with Gasteiger partial charge in [-0.2, -0.15) is 0 Å². The van der Waals surface area contributed by atoms with Crippen molar-refractivity contribution < 1.29 is 11.0 Å². The first-order chi connectivity index (χ1) is 33.1. The zero-order chi connectivity index (χ0) is 46.5. The number of hydrogen-bond acceptors (Lipinski definition) is 2. The first-order valence-electron chi connectivity index (χ1n) is 23.9. The van der Waals surface area contributed by atoms with Gasteiger partial charge in [0.1, 0.15) is 0 Å². The summed E-state index contributed by atoms with van der Waals surface area (Å²) in [5.74, 6) is 0. The Hall–Kier alpha value is -7.52. The molecule has 1 nitrogen and oxygen atoms in total. The predicted molar refractivity (Wildman–Crippen MR) is 260 cm³/mol. The van der Waals surface area contributed by atoms with Gasteiger partial charge in [0.15, 0.2) is 0 Å². The van der Waals surface area contributed by atoms with Crippen LogP contribution in [0.4, 0.5) is 17.1 Å². The molecule has 0 saturated carbocycles. The maximum Gasteiger partial charge on any atom is 0.0645 e. The van der Waals surface area contributed by atoms with E-state index in [4.69, 9.17) is 0 Å². The maximum atomic E-state index is 10.1. The summed E-state index contributed by atoms with van der Waals surface area (Å²) in [4.78, 5) is 1.44. The molecule has 0 amide bonds. The van der Waals surface area contributed by atoms with E-state index in [1.807, 2.05) is 170 Å². The standard InChI is InChI=1S/C58H37NS/c1-2-15-39(16-3-1)56-51-24-10-7-20-47(51)48-21-8-11-25-52(48)57(56)40-31-35-43(36-32-40)59(54-37-41-17-4-5-18-44(41)46-19-6-9-22-49(46)54)42-33-29-38(30-34-42)45-26-14-27-53-50-23-12-13-28-55(50)60-58(45)53/h1-37H/i29D,30D,31D,32D,33D,34D,35D,36D. The van der Waals surface area contributed by atoms with Gasteiger partial charge >= 0.3 is 0 Å². The summed E-state index contributed by atoms with van der Waals surface area (Å²) in [5.41, 5.74) is 2.99. The van der Waals surface area contributed by atoms with Crippen LogP contribution in [0.3, 0.4) is 0 Å². The van der Waals surface area contributed by atoms with E-state index in [1.54, 1.807) is 0 Å². The lowest BCUT2D eigenvalue weighted by atomic mass is 9.85. The molecule has 0 radical (unpaired) electrons. The first kappa shape index (κ1) is 27.2. The molecule has 60 heavy (non-hydrogen) atoms. The van der Waals surface area contributed by atoms with Gasteiger partial charge in [0, 0.05) is 36.9 Å². The Morgan fingerprint density at radius 2 is 0.833 bits per heavy atom. The van der Waals surface area contributed by atoms with Gasteiger partial charge in [-0.3, -0.25) is 0 Å². The molecule has 0 fully saturated rings. The van der Waals surface area contributed by atoms with Crippen molar-refractivity contribution in [2.75, 3.05) is 4.90 Å². The highest BCUT2D eigenvalue weighted by atomic mass is 32.1. The summed E-state index contributed by atoms with van der Waals surface area (Å²) >= 11 is 1.54. The molecule has 0 aliphatic rings. The summed E-state index contributed by atoms with van der Waals surface area (Å²) in [7, 11) is 0. The summed E-state index contributed by atoms with van der Waals surface area (Å²) in [6.07, 6.45) is 0. The largest absolute Gasteiger partial charge is 0.310 e. The van der Waals surface area contributed by atoms with Crippen LogP contribution < -0.4 is 4.90 Å². The van der Waals surface area contributed by atoms with Gasteiger partial charge in [-0.05, 0) is 107 Å². The Kier molecular flexibility index (Phi) is 6.39. The molecule has 1 heterocycles. The van der Waals surface area contributed by atoms with Crippen molar-refractivity contribution in [3.8, 4) is 33.4 Å². The molecule has 2 heteroatoms.